The molecule has 0 amide bonds. The van der Waals surface area contributed by atoms with Crippen molar-refractivity contribution >= 4 is 0 Å². The summed E-state index contributed by atoms with van der Waals surface area (Å²) in [7, 11) is 3.28. The van der Waals surface area contributed by atoms with Crippen LogP contribution in [0, 0.1) is 0 Å². The highest BCUT2D eigenvalue weighted by Gasteiger charge is 2.15. The molecule has 2 rings (SSSR count). The Kier molecular flexibility index (Phi) is 5.38. The van der Waals surface area contributed by atoms with Gasteiger partial charge in [0.05, 0.1) is 27.4 Å². The van der Waals surface area contributed by atoms with Crippen LogP contribution in [0.3, 0.4) is 0 Å². The predicted molar refractivity (Wildman–Crippen MR) is 83.5 cm³/mol. The van der Waals surface area contributed by atoms with Crippen LogP contribution in [-0.2, 0) is 13.0 Å². The highest BCUT2D eigenvalue weighted by Crippen LogP contribution is 2.26. The number of benzene rings is 1. The minimum absolute atomic E-state index is 0.0309. The van der Waals surface area contributed by atoms with Gasteiger partial charge >= 0.3 is 0 Å². The Morgan fingerprint density at radius 1 is 1.23 bits per heavy atom. The summed E-state index contributed by atoms with van der Waals surface area (Å²) >= 11 is 0. The first-order valence-electron chi connectivity index (χ1n) is 7.34. The van der Waals surface area contributed by atoms with E-state index in [1.807, 2.05) is 18.2 Å². The van der Waals surface area contributed by atoms with E-state index in [9.17, 15) is 5.11 Å². The van der Waals surface area contributed by atoms with Crippen molar-refractivity contribution in [1.82, 2.24) is 14.8 Å². The highest BCUT2D eigenvalue weighted by atomic mass is 16.5. The molecule has 0 saturated heterocycles. The number of hydrogen-bond donors (Lipinski definition) is 1. The van der Waals surface area contributed by atoms with E-state index in [1.165, 1.54) is 0 Å². The zero-order valence-electron chi connectivity index (χ0n) is 13.5. The molecule has 0 spiro atoms. The second-order valence-electron chi connectivity index (χ2n) is 5.34. The van der Waals surface area contributed by atoms with Gasteiger partial charge in [-0.3, -0.25) is 0 Å². The Morgan fingerprint density at radius 3 is 2.59 bits per heavy atom. The molecule has 0 unspecified atom stereocenters. The Labute approximate surface area is 130 Å². The first-order chi connectivity index (χ1) is 10.6. The second-order valence-corrected chi connectivity index (χ2v) is 5.34. The third-order valence-corrected chi connectivity index (χ3v) is 3.43. The normalized spacial score (nSPS) is 11.0. The molecular weight excluding hydrogens is 282 g/mol. The van der Waals surface area contributed by atoms with Crippen molar-refractivity contribution in [2.75, 3.05) is 20.8 Å². The maximum atomic E-state index is 9.21. The maximum absolute atomic E-state index is 9.21. The van der Waals surface area contributed by atoms with Gasteiger partial charge in [-0.25, -0.2) is 9.67 Å². The van der Waals surface area contributed by atoms with E-state index in [0.717, 1.165) is 28.7 Å². The van der Waals surface area contributed by atoms with Gasteiger partial charge in [-0.15, -0.1) is 0 Å². The van der Waals surface area contributed by atoms with Gasteiger partial charge in [0.2, 0.25) is 0 Å². The van der Waals surface area contributed by atoms with Crippen LogP contribution in [0.15, 0.2) is 18.2 Å². The van der Waals surface area contributed by atoms with Crippen molar-refractivity contribution in [2.24, 2.45) is 0 Å². The zero-order valence-corrected chi connectivity index (χ0v) is 13.5. The fraction of sp³-hybridized carbons (Fsp3) is 0.500. The van der Waals surface area contributed by atoms with Crippen LogP contribution in [0.5, 0.6) is 11.5 Å². The first-order valence-corrected chi connectivity index (χ1v) is 7.34. The molecule has 0 aliphatic heterocycles. The summed E-state index contributed by atoms with van der Waals surface area (Å²) in [5.74, 6) is 3.39. The summed E-state index contributed by atoms with van der Waals surface area (Å²) in [6.45, 7) is 4.56. The first kappa shape index (κ1) is 16.3. The fourth-order valence-electron chi connectivity index (χ4n) is 2.23. The molecule has 0 atom stereocenters. The van der Waals surface area contributed by atoms with E-state index >= 15 is 0 Å². The smallest absolute Gasteiger partial charge is 0.153 e. The van der Waals surface area contributed by atoms with Crippen LogP contribution >= 0.6 is 0 Å². The lowest BCUT2D eigenvalue weighted by Gasteiger charge is -2.10. The standard InChI is InChI=1S/C16H23N3O3/c1-11(2)16-17-15(19(18-16)7-8-20)10-12-9-13(21-3)5-6-14(12)22-4/h5-6,9,11,20H,7-8,10H2,1-4H3. The van der Waals surface area contributed by atoms with Crippen LogP contribution in [0.2, 0.25) is 0 Å². The Bertz CT molecular complexity index is 623. The number of ether oxygens (including phenoxy) is 2. The van der Waals surface area contributed by atoms with Gasteiger partial charge in [-0.05, 0) is 18.2 Å². The molecule has 2 aromatic rings. The molecule has 22 heavy (non-hydrogen) atoms. The molecule has 1 aromatic heterocycles. The molecule has 1 heterocycles. The molecule has 0 fully saturated rings. The van der Waals surface area contributed by atoms with E-state index in [0.29, 0.717) is 13.0 Å². The summed E-state index contributed by atoms with van der Waals surface area (Å²) in [6, 6.07) is 5.68. The van der Waals surface area contributed by atoms with E-state index < -0.39 is 0 Å². The summed E-state index contributed by atoms with van der Waals surface area (Å²) in [5, 5.41) is 13.7. The van der Waals surface area contributed by atoms with E-state index in [-0.39, 0.29) is 12.5 Å². The van der Waals surface area contributed by atoms with Gasteiger partial charge in [0.15, 0.2) is 5.82 Å². The molecule has 1 N–H and O–H groups in total. The van der Waals surface area contributed by atoms with Crippen LogP contribution in [0.1, 0.15) is 37.0 Å². The quantitative estimate of drug-likeness (QED) is 0.847. The zero-order chi connectivity index (χ0) is 16.1. The second kappa shape index (κ2) is 7.26. The summed E-state index contributed by atoms with van der Waals surface area (Å²) in [4.78, 5) is 4.60. The number of methoxy groups -OCH3 is 2. The molecule has 0 aliphatic rings. The van der Waals surface area contributed by atoms with Gasteiger partial charge in [0.25, 0.3) is 0 Å². The average Bonchev–Trinajstić information content (AvgIpc) is 2.91. The molecule has 1 aromatic carbocycles. The minimum Gasteiger partial charge on any atom is -0.497 e. The molecule has 120 valence electrons. The van der Waals surface area contributed by atoms with Gasteiger partial charge in [0.1, 0.15) is 17.3 Å². The number of rotatable bonds is 7. The Morgan fingerprint density at radius 2 is 2.00 bits per heavy atom. The van der Waals surface area contributed by atoms with Crippen molar-refractivity contribution in [1.29, 1.82) is 0 Å². The van der Waals surface area contributed by atoms with Crippen LogP contribution in [0.4, 0.5) is 0 Å². The largest absolute Gasteiger partial charge is 0.497 e. The lowest BCUT2D eigenvalue weighted by molar-refractivity contribution is 0.267. The van der Waals surface area contributed by atoms with Crippen LogP contribution in [-0.4, -0.2) is 40.7 Å². The predicted octanol–water partition coefficient (Wildman–Crippen LogP) is 2.00. The Hall–Kier alpha value is -2.08. The van der Waals surface area contributed by atoms with Gasteiger partial charge in [-0.1, -0.05) is 13.8 Å². The number of aromatic nitrogens is 3. The summed E-state index contributed by atoms with van der Waals surface area (Å²) < 4.78 is 12.4. The van der Waals surface area contributed by atoms with Crippen molar-refractivity contribution in [2.45, 2.75) is 32.7 Å². The molecule has 6 nitrogen and oxygen atoms in total. The molecule has 0 radical (unpaired) electrons. The third-order valence-electron chi connectivity index (χ3n) is 3.43. The van der Waals surface area contributed by atoms with Gasteiger partial charge in [0, 0.05) is 17.9 Å². The minimum atomic E-state index is 0.0309. The number of nitrogens with zero attached hydrogens (tertiary/aromatic N) is 3. The third kappa shape index (κ3) is 3.57. The lowest BCUT2D eigenvalue weighted by atomic mass is 10.1. The average molecular weight is 305 g/mol. The molecule has 0 saturated carbocycles. The van der Waals surface area contributed by atoms with E-state index in [2.05, 4.69) is 23.9 Å². The Balaban J connectivity index is 2.36. The van der Waals surface area contributed by atoms with Crippen LogP contribution in [0.25, 0.3) is 0 Å². The topological polar surface area (TPSA) is 69.4 Å². The van der Waals surface area contributed by atoms with Crippen molar-refractivity contribution in [3.63, 3.8) is 0 Å². The summed E-state index contributed by atoms with van der Waals surface area (Å²) in [6.07, 6.45) is 0.570. The van der Waals surface area contributed by atoms with Gasteiger partial charge < -0.3 is 14.6 Å². The van der Waals surface area contributed by atoms with E-state index in [4.69, 9.17) is 9.47 Å². The molecule has 0 aliphatic carbocycles. The van der Waals surface area contributed by atoms with E-state index in [1.54, 1.807) is 18.9 Å². The molecule has 6 heteroatoms. The van der Waals surface area contributed by atoms with Crippen molar-refractivity contribution in [3.05, 3.63) is 35.4 Å². The summed E-state index contributed by atoms with van der Waals surface area (Å²) in [5.41, 5.74) is 0.976. The number of aliphatic hydroxyl groups excluding tert-OH is 1. The van der Waals surface area contributed by atoms with Gasteiger partial charge in [-0.2, -0.15) is 5.10 Å². The van der Waals surface area contributed by atoms with Crippen molar-refractivity contribution < 1.29 is 14.6 Å². The fourth-order valence-corrected chi connectivity index (χ4v) is 2.23. The van der Waals surface area contributed by atoms with Crippen LogP contribution < -0.4 is 9.47 Å². The maximum Gasteiger partial charge on any atom is 0.153 e. The molecule has 0 bridgehead atoms. The monoisotopic (exact) mass is 305 g/mol. The van der Waals surface area contributed by atoms with Crippen molar-refractivity contribution in [3.8, 4) is 11.5 Å². The highest BCUT2D eigenvalue weighted by molar-refractivity contribution is 5.41. The number of hydrogen-bond acceptors (Lipinski definition) is 5. The number of aliphatic hydroxyl groups is 1. The lowest BCUT2D eigenvalue weighted by Crippen LogP contribution is -2.10. The SMILES string of the molecule is COc1ccc(OC)c(Cc2nc(C(C)C)nn2CCO)c1. The molecular formula is C16H23N3O3.